The van der Waals surface area contributed by atoms with Gasteiger partial charge in [-0.1, -0.05) is 18.6 Å². The predicted molar refractivity (Wildman–Crippen MR) is 68.2 cm³/mol. The molecule has 1 nitrogen and oxygen atoms in total. The summed E-state index contributed by atoms with van der Waals surface area (Å²) in [5.74, 6) is 1.19. The molecule has 0 unspecified atom stereocenters. The van der Waals surface area contributed by atoms with Gasteiger partial charge in [0.25, 0.3) is 0 Å². The number of allylic oxidation sites excluding steroid dienone is 2. The molecular formula is C15H26O. The van der Waals surface area contributed by atoms with Crippen LogP contribution < -0.4 is 0 Å². The van der Waals surface area contributed by atoms with Gasteiger partial charge in [0.1, 0.15) is 0 Å². The highest BCUT2D eigenvalue weighted by atomic mass is 16.3. The van der Waals surface area contributed by atoms with E-state index in [2.05, 4.69) is 19.9 Å². The van der Waals surface area contributed by atoms with E-state index in [9.17, 15) is 5.11 Å². The third kappa shape index (κ3) is 2.07. The van der Waals surface area contributed by atoms with Gasteiger partial charge in [-0.15, -0.1) is 0 Å². The first-order valence-electron chi connectivity index (χ1n) is 6.72. The predicted octanol–water partition coefficient (Wildman–Crippen LogP) is 3.92. The maximum absolute atomic E-state index is 10.2. The molecular weight excluding hydrogens is 196 g/mol. The van der Waals surface area contributed by atoms with Crippen LogP contribution in [0.15, 0.2) is 11.6 Å². The van der Waals surface area contributed by atoms with Gasteiger partial charge < -0.3 is 5.11 Å². The van der Waals surface area contributed by atoms with Crippen molar-refractivity contribution in [3.8, 4) is 0 Å². The largest absolute Gasteiger partial charge is 0.390 e. The van der Waals surface area contributed by atoms with Crippen LogP contribution in [0, 0.1) is 17.3 Å². The van der Waals surface area contributed by atoms with E-state index in [0.717, 1.165) is 0 Å². The molecule has 2 aliphatic rings. The lowest BCUT2D eigenvalue weighted by Crippen LogP contribution is -2.43. The fraction of sp³-hybridized carbons (Fsp3) is 0.867. The third-order valence-corrected chi connectivity index (χ3v) is 5.16. The molecule has 16 heavy (non-hydrogen) atoms. The average Bonchev–Trinajstić information content (AvgIpc) is 2.15. The second kappa shape index (κ2) is 3.87. The van der Waals surface area contributed by atoms with Crippen molar-refractivity contribution in [2.45, 2.75) is 65.4 Å². The van der Waals surface area contributed by atoms with Crippen LogP contribution in [0.3, 0.4) is 0 Å². The Bertz CT molecular complexity index is 297. The maximum Gasteiger partial charge on any atom is 0.0620 e. The fourth-order valence-corrected chi connectivity index (χ4v) is 3.81. The molecule has 1 heteroatoms. The first-order valence-corrected chi connectivity index (χ1v) is 6.72. The Morgan fingerprint density at radius 2 is 2.06 bits per heavy atom. The van der Waals surface area contributed by atoms with E-state index in [-0.39, 0.29) is 0 Å². The Balaban J connectivity index is 2.18. The Morgan fingerprint density at radius 3 is 2.69 bits per heavy atom. The van der Waals surface area contributed by atoms with E-state index in [1.165, 1.54) is 32.1 Å². The molecule has 0 radical (unpaired) electrons. The minimum atomic E-state index is -0.501. The van der Waals surface area contributed by atoms with Crippen molar-refractivity contribution in [1.29, 1.82) is 0 Å². The van der Waals surface area contributed by atoms with Gasteiger partial charge in [-0.05, 0) is 70.1 Å². The summed E-state index contributed by atoms with van der Waals surface area (Å²) in [5, 5.41) is 10.2. The van der Waals surface area contributed by atoms with E-state index in [0.29, 0.717) is 17.3 Å². The Kier molecular flexibility index (Phi) is 2.94. The van der Waals surface area contributed by atoms with Crippen LogP contribution in [0.5, 0.6) is 0 Å². The van der Waals surface area contributed by atoms with Gasteiger partial charge in [-0.2, -0.15) is 0 Å². The molecule has 1 saturated carbocycles. The van der Waals surface area contributed by atoms with Crippen LogP contribution in [0.2, 0.25) is 0 Å². The number of hydrogen-bond donors (Lipinski definition) is 1. The van der Waals surface area contributed by atoms with Crippen molar-refractivity contribution < 1.29 is 5.11 Å². The van der Waals surface area contributed by atoms with Crippen LogP contribution in [0.4, 0.5) is 0 Å². The lowest BCUT2D eigenvalue weighted by Gasteiger charge is -2.49. The van der Waals surface area contributed by atoms with Crippen molar-refractivity contribution in [1.82, 2.24) is 0 Å². The smallest absolute Gasteiger partial charge is 0.0620 e. The first-order chi connectivity index (χ1) is 7.33. The van der Waals surface area contributed by atoms with Gasteiger partial charge in [-0.25, -0.2) is 0 Å². The first kappa shape index (κ1) is 12.2. The third-order valence-electron chi connectivity index (χ3n) is 5.16. The summed E-state index contributed by atoms with van der Waals surface area (Å²) >= 11 is 0. The molecule has 0 bridgehead atoms. The second-order valence-electron chi connectivity index (χ2n) is 6.82. The van der Waals surface area contributed by atoms with Gasteiger partial charge >= 0.3 is 0 Å². The molecule has 92 valence electrons. The van der Waals surface area contributed by atoms with Gasteiger partial charge in [0.05, 0.1) is 5.60 Å². The molecule has 0 aromatic rings. The molecule has 0 aliphatic heterocycles. The zero-order valence-electron chi connectivity index (χ0n) is 11.2. The Morgan fingerprint density at radius 1 is 1.38 bits per heavy atom. The molecule has 2 aliphatic carbocycles. The summed E-state index contributed by atoms with van der Waals surface area (Å²) in [7, 11) is 0. The zero-order chi connectivity index (χ0) is 12.0. The molecule has 0 saturated heterocycles. The van der Waals surface area contributed by atoms with E-state index in [1.807, 2.05) is 13.8 Å². The summed E-state index contributed by atoms with van der Waals surface area (Å²) in [4.78, 5) is 0. The highest BCUT2D eigenvalue weighted by molar-refractivity contribution is 5.15. The fourth-order valence-electron chi connectivity index (χ4n) is 3.81. The molecule has 0 amide bonds. The average molecular weight is 222 g/mol. The highest BCUT2D eigenvalue weighted by Crippen LogP contribution is 2.53. The number of fused-ring (bicyclic) bond motifs is 1. The van der Waals surface area contributed by atoms with E-state index >= 15 is 0 Å². The van der Waals surface area contributed by atoms with Gasteiger partial charge in [0, 0.05) is 0 Å². The molecule has 1 N–H and O–H groups in total. The summed E-state index contributed by atoms with van der Waals surface area (Å²) in [5.41, 5.74) is 1.59. The van der Waals surface area contributed by atoms with Crippen molar-refractivity contribution in [2.24, 2.45) is 17.3 Å². The lowest BCUT2D eigenvalue weighted by atomic mass is 9.56. The number of aliphatic hydroxyl groups is 1. The van der Waals surface area contributed by atoms with Crippen LogP contribution in [0.1, 0.15) is 59.8 Å². The Labute approximate surface area is 99.9 Å². The summed E-state index contributed by atoms with van der Waals surface area (Å²) < 4.78 is 0. The van der Waals surface area contributed by atoms with Gasteiger partial charge in [0.2, 0.25) is 0 Å². The topological polar surface area (TPSA) is 20.2 Å². The minimum Gasteiger partial charge on any atom is -0.390 e. The zero-order valence-corrected chi connectivity index (χ0v) is 11.2. The molecule has 3 atom stereocenters. The molecule has 0 aromatic heterocycles. The monoisotopic (exact) mass is 222 g/mol. The standard InChI is InChI=1S/C15H26O/c1-11-6-5-8-15(4)9-7-12(10-13(11)15)14(2,3)16/h6,12-13,16H,5,7-10H2,1-4H3/t12-,13-,15-/m0/s1. The summed E-state index contributed by atoms with van der Waals surface area (Å²) in [6, 6.07) is 0. The Hall–Kier alpha value is -0.300. The normalized spacial score (nSPS) is 40.2. The molecule has 1 fully saturated rings. The molecule has 0 heterocycles. The van der Waals surface area contributed by atoms with Crippen molar-refractivity contribution in [3.05, 3.63) is 11.6 Å². The minimum absolute atomic E-state index is 0.479. The van der Waals surface area contributed by atoms with E-state index in [1.54, 1.807) is 5.57 Å². The van der Waals surface area contributed by atoms with E-state index in [4.69, 9.17) is 0 Å². The van der Waals surface area contributed by atoms with Crippen LogP contribution in [-0.2, 0) is 0 Å². The van der Waals surface area contributed by atoms with Crippen LogP contribution in [0.25, 0.3) is 0 Å². The van der Waals surface area contributed by atoms with Crippen molar-refractivity contribution in [2.75, 3.05) is 0 Å². The highest BCUT2D eigenvalue weighted by Gasteiger charge is 2.44. The quantitative estimate of drug-likeness (QED) is 0.667. The SMILES string of the molecule is CC1=CCC[C@@]2(C)CC[C@H](C(C)(C)O)C[C@@H]12. The van der Waals surface area contributed by atoms with Crippen LogP contribution >= 0.6 is 0 Å². The summed E-state index contributed by atoms with van der Waals surface area (Å²) in [6.07, 6.45) is 8.68. The number of hydrogen-bond acceptors (Lipinski definition) is 1. The molecule has 0 aromatic carbocycles. The summed E-state index contributed by atoms with van der Waals surface area (Å²) in [6.45, 7) is 8.69. The maximum atomic E-state index is 10.2. The number of rotatable bonds is 1. The lowest BCUT2D eigenvalue weighted by molar-refractivity contribution is -0.0373. The van der Waals surface area contributed by atoms with Crippen molar-refractivity contribution >= 4 is 0 Å². The van der Waals surface area contributed by atoms with E-state index < -0.39 is 5.60 Å². The second-order valence-corrected chi connectivity index (χ2v) is 6.82. The van der Waals surface area contributed by atoms with Gasteiger partial charge in [-0.3, -0.25) is 0 Å². The van der Waals surface area contributed by atoms with Crippen molar-refractivity contribution in [3.63, 3.8) is 0 Å². The van der Waals surface area contributed by atoms with Crippen LogP contribution in [-0.4, -0.2) is 10.7 Å². The molecule has 2 rings (SSSR count). The molecule has 0 spiro atoms. The van der Waals surface area contributed by atoms with Gasteiger partial charge in [0.15, 0.2) is 0 Å².